The van der Waals surface area contributed by atoms with Gasteiger partial charge in [0.2, 0.25) is 0 Å². The maximum absolute atomic E-state index is 13.9. The molecule has 0 saturated carbocycles. The van der Waals surface area contributed by atoms with E-state index in [1.54, 1.807) is 12.1 Å². The Morgan fingerprint density at radius 3 is 2.58 bits per heavy atom. The minimum Gasteiger partial charge on any atom is -0.399 e. The molecule has 2 aromatic rings. The number of hydrogen-bond acceptors (Lipinski definition) is 2. The summed E-state index contributed by atoms with van der Waals surface area (Å²) >= 11 is 5.98. The topological polar surface area (TPSA) is 29.3 Å². The summed E-state index contributed by atoms with van der Waals surface area (Å²) in [7, 11) is 1.85. The van der Waals surface area contributed by atoms with Crippen LogP contribution in [0.5, 0.6) is 0 Å². The highest BCUT2D eigenvalue weighted by Crippen LogP contribution is 2.29. The van der Waals surface area contributed by atoms with E-state index in [1.807, 2.05) is 43.1 Å². The van der Waals surface area contributed by atoms with Crippen LogP contribution in [0.15, 0.2) is 42.5 Å². The Kier molecular flexibility index (Phi) is 3.96. The number of halogens is 2. The molecule has 0 aliphatic heterocycles. The Morgan fingerprint density at radius 2 is 1.95 bits per heavy atom. The summed E-state index contributed by atoms with van der Waals surface area (Å²) in [5, 5.41) is 0.676. The molecule has 0 fully saturated rings. The first-order valence-electron chi connectivity index (χ1n) is 6.02. The van der Waals surface area contributed by atoms with Gasteiger partial charge in [0, 0.05) is 17.8 Å². The van der Waals surface area contributed by atoms with E-state index in [2.05, 4.69) is 0 Å². The molecule has 1 atom stereocenters. The van der Waals surface area contributed by atoms with Crippen molar-refractivity contribution in [2.24, 2.45) is 0 Å². The maximum Gasteiger partial charge on any atom is 0.148 e. The minimum atomic E-state index is -0.323. The van der Waals surface area contributed by atoms with Gasteiger partial charge in [-0.2, -0.15) is 0 Å². The van der Waals surface area contributed by atoms with E-state index in [0.717, 1.165) is 5.56 Å². The van der Waals surface area contributed by atoms with Gasteiger partial charge in [0.15, 0.2) is 0 Å². The molecule has 0 aliphatic rings. The van der Waals surface area contributed by atoms with Gasteiger partial charge in [0.25, 0.3) is 0 Å². The largest absolute Gasteiger partial charge is 0.399 e. The normalized spacial score (nSPS) is 12.2. The van der Waals surface area contributed by atoms with E-state index >= 15 is 0 Å². The molecule has 0 heterocycles. The quantitative estimate of drug-likeness (QED) is 0.850. The fourth-order valence-electron chi connectivity index (χ4n) is 2.01. The second kappa shape index (κ2) is 5.49. The summed E-state index contributed by atoms with van der Waals surface area (Å²) in [6, 6.07) is 12.3. The number of hydrogen-bond donors (Lipinski definition) is 1. The first-order valence-corrected chi connectivity index (χ1v) is 6.40. The molecule has 2 rings (SSSR count). The standard InChI is InChI=1S/C15H16ClFN2/c1-10(11-4-3-5-12(16)8-11)19(2)15-7-6-13(18)9-14(15)17/h3-10H,18H2,1-2H3. The van der Waals surface area contributed by atoms with Gasteiger partial charge >= 0.3 is 0 Å². The summed E-state index contributed by atoms with van der Waals surface area (Å²) < 4.78 is 13.9. The van der Waals surface area contributed by atoms with Gasteiger partial charge < -0.3 is 10.6 Å². The molecular weight excluding hydrogens is 263 g/mol. The van der Waals surface area contributed by atoms with Gasteiger partial charge in [-0.25, -0.2) is 4.39 Å². The van der Waals surface area contributed by atoms with Crippen LogP contribution >= 0.6 is 11.6 Å². The highest BCUT2D eigenvalue weighted by molar-refractivity contribution is 6.30. The van der Waals surface area contributed by atoms with E-state index in [-0.39, 0.29) is 11.9 Å². The average molecular weight is 279 g/mol. The van der Waals surface area contributed by atoms with Gasteiger partial charge in [0.1, 0.15) is 5.82 Å². The van der Waals surface area contributed by atoms with E-state index in [0.29, 0.717) is 16.4 Å². The average Bonchev–Trinajstić information content (AvgIpc) is 2.37. The maximum atomic E-state index is 13.9. The van der Waals surface area contributed by atoms with E-state index in [9.17, 15) is 4.39 Å². The highest BCUT2D eigenvalue weighted by atomic mass is 35.5. The van der Waals surface area contributed by atoms with E-state index in [1.165, 1.54) is 6.07 Å². The molecule has 0 amide bonds. The molecule has 0 radical (unpaired) electrons. The van der Waals surface area contributed by atoms with Crippen molar-refractivity contribution < 1.29 is 4.39 Å². The second-order valence-electron chi connectivity index (χ2n) is 4.55. The van der Waals surface area contributed by atoms with Crippen LogP contribution in [0.4, 0.5) is 15.8 Å². The Labute approximate surface area is 117 Å². The van der Waals surface area contributed by atoms with E-state index < -0.39 is 0 Å². The molecule has 0 aromatic heterocycles. The first kappa shape index (κ1) is 13.7. The second-order valence-corrected chi connectivity index (χ2v) is 4.99. The molecule has 0 bridgehead atoms. The smallest absolute Gasteiger partial charge is 0.148 e. The highest BCUT2D eigenvalue weighted by Gasteiger charge is 2.15. The SMILES string of the molecule is CC(c1cccc(Cl)c1)N(C)c1ccc(N)cc1F. The molecule has 2 N–H and O–H groups in total. The summed E-state index contributed by atoms with van der Waals surface area (Å²) in [6.07, 6.45) is 0. The van der Waals surface area contributed by atoms with Crippen molar-refractivity contribution >= 4 is 23.0 Å². The predicted molar refractivity (Wildman–Crippen MR) is 79.1 cm³/mol. The van der Waals surface area contributed by atoms with Crippen LogP contribution in [0, 0.1) is 5.82 Å². The van der Waals surface area contributed by atoms with Gasteiger partial charge in [-0.05, 0) is 42.8 Å². The Hall–Kier alpha value is -1.74. The number of anilines is 2. The van der Waals surface area contributed by atoms with Gasteiger partial charge in [0.05, 0.1) is 11.7 Å². The lowest BCUT2D eigenvalue weighted by molar-refractivity contribution is 0.612. The zero-order valence-electron chi connectivity index (χ0n) is 10.9. The minimum absolute atomic E-state index is 0.0109. The van der Waals surface area contributed by atoms with E-state index in [4.69, 9.17) is 17.3 Å². The Morgan fingerprint density at radius 1 is 1.21 bits per heavy atom. The third-order valence-electron chi connectivity index (χ3n) is 3.26. The van der Waals surface area contributed by atoms with Crippen molar-refractivity contribution in [3.8, 4) is 0 Å². The Bertz CT molecular complexity index is 586. The third-order valence-corrected chi connectivity index (χ3v) is 3.50. The first-order chi connectivity index (χ1) is 8.99. The van der Waals surface area contributed by atoms with Gasteiger partial charge in [-0.3, -0.25) is 0 Å². The van der Waals surface area contributed by atoms with Crippen LogP contribution in [-0.2, 0) is 0 Å². The molecule has 100 valence electrons. The molecule has 4 heteroatoms. The number of rotatable bonds is 3. The van der Waals surface area contributed by atoms with Crippen LogP contribution in [-0.4, -0.2) is 7.05 Å². The number of nitrogens with zero attached hydrogens (tertiary/aromatic N) is 1. The van der Waals surface area contributed by atoms with Crippen LogP contribution in [0.2, 0.25) is 5.02 Å². The Balaban J connectivity index is 2.30. The number of nitrogens with two attached hydrogens (primary N) is 1. The van der Waals surface area contributed by atoms with Crippen molar-refractivity contribution in [3.63, 3.8) is 0 Å². The van der Waals surface area contributed by atoms with Gasteiger partial charge in [-0.1, -0.05) is 23.7 Å². The third kappa shape index (κ3) is 2.99. The molecule has 2 aromatic carbocycles. The van der Waals surface area contributed by atoms with Crippen molar-refractivity contribution in [2.75, 3.05) is 17.7 Å². The fraction of sp³-hybridized carbons (Fsp3) is 0.200. The van der Waals surface area contributed by atoms with Crippen molar-refractivity contribution in [2.45, 2.75) is 13.0 Å². The number of benzene rings is 2. The van der Waals surface area contributed by atoms with Gasteiger partial charge in [-0.15, -0.1) is 0 Å². The number of nitrogen functional groups attached to an aromatic ring is 1. The monoisotopic (exact) mass is 278 g/mol. The summed E-state index contributed by atoms with van der Waals surface area (Å²) in [5.74, 6) is -0.323. The fourth-order valence-corrected chi connectivity index (χ4v) is 2.21. The molecule has 0 aliphatic carbocycles. The van der Waals surface area contributed by atoms with Crippen molar-refractivity contribution in [1.82, 2.24) is 0 Å². The van der Waals surface area contributed by atoms with Crippen LogP contribution < -0.4 is 10.6 Å². The molecular formula is C15H16ClFN2. The van der Waals surface area contributed by atoms with Crippen LogP contribution in [0.3, 0.4) is 0 Å². The zero-order valence-corrected chi connectivity index (χ0v) is 11.7. The zero-order chi connectivity index (χ0) is 14.0. The molecule has 2 nitrogen and oxygen atoms in total. The molecule has 0 saturated heterocycles. The lowest BCUT2D eigenvalue weighted by Crippen LogP contribution is -2.22. The lowest BCUT2D eigenvalue weighted by Gasteiger charge is -2.28. The summed E-state index contributed by atoms with van der Waals surface area (Å²) in [6.45, 7) is 2.00. The van der Waals surface area contributed by atoms with Crippen molar-refractivity contribution in [3.05, 3.63) is 58.9 Å². The summed E-state index contributed by atoms with van der Waals surface area (Å²) in [4.78, 5) is 1.86. The predicted octanol–water partition coefficient (Wildman–Crippen LogP) is 4.26. The molecule has 0 spiro atoms. The molecule has 1 unspecified atom stereocenters. The van der Waals surface area contributed by atoms with Crippen molar-refractivity contribution in [1.29, 1.82) is 0 Å². The van der Waals surface area contributed by atoms with Crippen LogP contribution in [0.25, 0.3) is 0 Å². The lowest BCUT2D eigenvalue weighted by atomic mass is 10.1. The molecule has 19 heavy (non-hydrogen) atoms. The summed E-state index contributed by atoms with van der Waals surface area (Å²) in [5.41, 5.74) is 7.53. The van der Waals surface area contributed by atoms with Crippen LogP contribution in [0.1, 0.15) is 18.5 Å².